The largest absolute Gasteiger partial charge is 0.416 e. The van der Waals surface area contributed by atoms with E-state index in [-0.39, 0.29) is 11.1 Å². The van der Waals surface area contributed by atoms with Crippen molar-refractivity contribution in [3.8, 4) is 23.7 Å². The first-order valence-corrected chi connectivity index (χ1v) is 10.1. The quantitative estimate of drug-likeness (QED) is 0.169. The molecule has 2 rings (SSSR count). The van der Waals surface area contributed by atoms with Crippen LogP contribution in [0.3, 0.4) is 0 Å². The first-order chi connectivity index (χ1) is 14.3. The van der Waals surface area contributed by atoms with Crippen LogP contribution in [0, 0.1) is 46.4 Å². The third-order valence-corrected chi connectivity index (χ3v) is 5.45. The van der Waals surface area contributed by atoms with E-state index in [0.29, 0.717) is 0 Å². The van der Waals surface area contributed by atoms with Gasteiger partial charge in [-0.25, -0.2) is 13.6 Å². The first kappa shape index (κ1) is 23.8. The first-order valence-electron chi connectivity index (χ1n) is 7.30. The summed E-state index contributed by atoms with van der Waals surface area (Å²) in [5, 5.41) is 8.34. The van der Waals surface area contributed by atoms with Gasteiger partial charge in [0.05, 0.1) is 5.56 Å². The number of carbonyl (C=O) groups excluding carboxylic acids is 1. The molecular formula is C16H5F4NO8S2. The van der Waals surface area contributed by atoms with Gasteiger partial charge in [0.2, 0.25) is 17.4 Å². The minimum atomic E-state index is -6.08. The molecule has 0 radical (unpaired) electrons. The lowest BCUT2D eigenvalue weighted by Crippen LogP contribution is -2.19. The van der Waals surface area contributed by atoms with Gasteiger partial charge in [0, 0.05) is 11.5 Å². The fourth-order valence-corrected chi connectivity index (χ4v) is 3.79. The molecule has 15 heteroatoms. The summed E-state index contributed by atoms with van der Waals surface area (Å²) >= 11 is 0. The van der Waals surface area contributed by atoms with Crippen molar-refractivity contribution in [3.63, 3.8) is 0 Å². The number of benzene rings is 2. The van der Waals surface area contributed by atoms with Crippen LogP contribution in [0.4, 0.5) is 17.6 Å². The summed E-state index contributed by atoms with van der Waals surface area (Å²) in [6.07, 6.45) is 0. The highest BCUT2D eigenvalue weighted by Crippen LogP contribution is 2.34. The topological polar surface area (TPSA) is 148 Å². The Labute approximate surface area is 171 Å². The Kier molecular flexibility index (Phi) is 6.67. The van der Waals surface area contributed by atoms with Crippen LogP contribution in [0.2, 0.25) is 0 Å². The average Bonchev–Trinajstić information content (AvgIpc) is 2.66. The fraction of sp³-hybridized carbons (Fsp3) is 0. The Hall–Kier alpha value is -3.50. The highest BCUT2D eigenvalue weighted by Gasteiger charge is 2.38. The normalized spacial score (nSPS) is 11.2. The molecule has 0 amide bonds. The number of nitrogens with zero attached hydrogens (tertiary/aromatic N) is 1. The Bertz CT molecular complexity index is 1360. The van der Waals surface area contributed by atoms with Gasteiger partial charge in [-0.1, -0.05) is 5.92 Å². The highest BCUT2D eigenvalue weighted by molar-refractivity contribution is 7.97. The Morgan fingerprint density at radius 2 is 1.45 bits per heavy atom. The van der Waals surface area contributed by atoms with Crippen LogP contribution in [0.25, 0.3) is 0 Å². The number of esters is 1. The molecule has 0 atom stereocenters. The lowest BCUT2D eigenvalue weighted by atomic mass is 10.1. The van der Waals surface area contributed by atoms with Crippen LogP contribution < -0.4 is 4.74 Å². The smallest absolute Gasteiger partial charge is 0.412 e. The second-order valence-electron chi connectivity index (χ2n) is 5.19. The highest BCUT2D eigenvalue weighted by atomic mass is 32.3. The Balaban J connectivity index is 2.48. The zero-order valence-electron chi connectivity index (χ0n) is 14.4. The second kappa shape index (κ2) is 8.70. The number of hydrogen-bond donors (Lipinski definition) is 1. The van der Waals surface area contributed by atoms with Gasteiger partial charge in [0.15, 0.2) is 22.6 Å². The van der Waals surface area contributed by atoms with Gasteiger partial charge >= 0.3 is 26.5 Å². The standard InChI is InChI=1S/C16H5F4NO8S2/c17-10-12(19)15(30(23,24)29-31(25,26)27)13(20)11(18)14(10)28-16(22)9-5-3-8(4-6-9)2-1-7-21/h3-6H,(H,25,26,27). The second-order valence-corrected chi connectivity index (χ2v) is 7.91. The van der Waals surface area contributed by atoms with Crippen molar-refractivity contribution in [2.75, 3.05) is 0 Å². The third-order valence-electron chi connectivity index (χ3n) is 3.19. The summed E-state index contributed by atoms with van der Waals surface area (Å²) in [4.78, 5) is 9.46. The molecular weight excluding hydrogens is 474 g/mol. The van der Waals surface area contributed by atoms with E-state index in [9.17, 15) is 39.2 Å². The van der Waals surface area contributed by atoms with E-state index >= 15 is 0 Å². The molecule has 1 N–H and O–H groups in total. The van der Waals surface area contributed by atoms with E-state index in [1.807, 2.05) is 0 Å². The van der Waals surface area contributed by atoms with E-state index in [1.165, 1.54) is 18.2 Å². The lowest BCUT2D eigenvalue weighted by Gasteiger charge is -2.11. The molecule has 0 saturated carbocycles. The summed E-state index contributed by atoms with van der Waals surface area (Å²) < 4.78 is 116. The molecule has 31 heavy (non-hydrogen) atoms. The maximum Gasteiger partial charge on any atom is 0.412 e. The Morgan fingerprint density at radius 3 is 1.90 bits per heavy atom. The molecule has 0 aliphatic carbocycles. The fourth-order valence-electron chi connectivity index (χ4n) is 1.99. The maximum atomic E-state index is 14.1. The maximum absolute atomic E-state index is 14.1. The number of carbonyl (C=O) groups is 1. The van der Waals surface area contributed by atoms with Gasteiger partial charge in [-0.05, 0) is 24.3 Å². The minimum absolute atomic E-state index is 0.265. The molecule has 0 aromatic heterocycles. The molecule has 9 nitrogen and oxygen atoms in total. The molecule has 0 heterocycles. The van der Waals surface area contributed by atoms with Crippen molar-refractivity contribution >= 4 is 26.5 Å². The van der Waals surface area contributed by atoms with Crippen molar-refractivity contribution in [1.82, 2.24) is 0 Å². The van der Waals surface area contributed by atoms with Gasteiger partial charge in [-0.3, -0.25) is 4.55 Å². The average molecular weight is 479 g/mol. The van der Waals surface area contributed by atoms with Crippen LogP contribution in [0.15, 0.2) is 29.2 Å². The van der Waals surface area contributed by atoms with Gasteiger partial charge in [0.25, 0.3) is 0 Å². The van der Waals surface area contributed by atoms with Gasteiger partial charge in [-0.15, -0.1) is 3.63 Å². The minimum Gasteiger partial charge on any atom is -0.416 e. The molecule has 0 aliphatic rings. The monoisotopic (exact) mass is 479 g/mol. The SMILES string of the molecule is N#CC#Cc1ccc(C(=O)Oc2c(F)c(F)c(S(=O)(=O)OS(=O)(=O)O)c(F)c2F)cc1. The Morgan fingerprint density at radius 1 is 0.935 bits per heavy atom. The summed E-state index contributed by atoms with van der Waals surface area (Å²) in [6, 6.07) is 6.01. The summed E-state index contributed by atoms with van der Waals surface area (Å²) in [6.45, 7) is 0. The molecule has 0 bridgehead atoms. The number of ether oxygens (including phenoxy) is 1. The predicted octanol–water partition coefficient (Wildman–Crippen LogP) is 1.85. The van der Waals surface area contributed by atoms with Crippen LogP contribution in [-0.4, -0.2) is 27.4 Å². The number of rotatable bonds is 5. The zero-order valence-corrected chi connectivity index (χ0v) is 16.0. The van der Waals surface area contributed by atoms with Crippen molar-refractivity contribution in [2.24, 2.45) is 0 Å². The van der Waals surface area contributed by atoms with Crippen LogP contribution in [0.1, 0.15) is 15.9 Å². The molecule has 0 aliphatic heterocycles. The summed E-state index contributed by atoms with van der Waals surface area (Å²) in [5.41, 5.74) is -0.116. The van der Waals surface area contributed by atoms with Gasteiger partial charge in [-0.2, -0.15) is 30.9 Å². The lowest BCUT2D eigenvalue weighted by molar-refractivity contribution is 0.0716. The number of nitriles is 1. The van der Waals surface area contributed by atoms with E-state index in [0.717, 1.165) is 12.1 Å². The number of hydrogen-bond acceptors (Lipinski definition) is 8. The van der Waals surface area contributed by atoms with Gasteiger partial charge < -0.3 is 4.74 Å². The molecule has 0 saturated heterocycles. The molecule has 0 spiro atoms. The molecule has 2 aromatic rings. The van der Waals surface area contributed by atoms with Gasteiger partial charge in [0.1, 0.15) is 0 Å². The molecule has 2 aromatic carbocycles. The van der Waals surface area contributed by atoms with Crippen LogP contribution in [-0.2, 0) is 24.1 Å². The van der Waals surface area contributed by atoms with Crippen molar-refractivity contribution in [1.29, 1.82) is 5.26 Å². The van der Waals surface area contributed by atoms with Crippen molar-refractivity contribution in [3.05, 3.63) is 58.7 Å². The number of halogens is 4. The summed E-state index contributed by atoms with van der Waals surface area (Å²) in [5.74, 6) is -9.48. The summed E-state index contributed by atoms with van der Waals surface area (Å²) in [7, 11) is -11.9. The van der Waals surface area contributed by atoms with Crippen molar-refractivity contribution < 1.29 is 52.1 Å². The molecule has 0 fully saturated rings. The zero-order chi connectivity index (χ0) is 23.6. The van der Waals surface area contributed by atoms with Crippen LogP contribution in [0.5, 0.6) is 5.75 Å². The van der Waals surface area contributed by atoms with E-state index < -0.39 is 60.4 Å². The van der Waals surface area contributed by atoms with Crippen LogP contribution >= 0.6 is 0 Å². The van der Waals surface area contributed by atoms with E-state index in [2.05, 4.69) is 20.2 Å². The molecule has 0 unspecified atom stereocenters. The van der Waals surface area contributed by atoms with E-state index in [1.54, 1.807) is 0 Å². The predicted molar refractivity (Wildman–Crippen MR) is 90.0 cm³/mol. The molecule has 162 valence electrons. The van der Waals surface area contributed by atoms with E-state index in [4.69, 9.17) is 9.81 Å². The third kappa shape index (κ3) is 5.36. The van der Waals surface area contributed by atoms with Crippen molar-refractivity contribution in [2.45, 2.75) is 4.90 Å².